The average Bonchev–Trinajstić information content (AvgIpc) is 3.31. The summed E-state index contributed by atoms with van der Waals surface area (Å²) in [6.07, 6.45) is 1.05. The largest absolute Gasteiger partial charge is 0.444 e. The first-order chi connectivity index (χ1) is 19.9. The molecule has 0 unspecified atom stereocenters. The lowest BCUT2D eigenvalue weighted by atomic mass is 10.1. The minimum Gasteiger partial charge on any atom is -0.444 e. The third-order valence-electron chi connectivity index (χ3n) is 7.08. The molecule has 1 N–H and O–H groups in total. The number of piperidine rings is 1. The number of alkyl carbamates (subject to hydrolysis) is 1. The monoisotopic (exact) mass is 575 g/mol. The Kier molecular flexibility index (Phi) is 7.77. The Bertz CT molecular complexity index is 1860. The van der Waals surface area contributed by atoms with Gasteiger partial charge in [-0.3, -0.25) is 23.5 Å². The molecule has 1 saturated heterocycles. The molecule has 220 valence electrons. The molecule has 42 heavy (non-hydrogen) atoms. The van der Waals surface area contributed by atoms with Gasteiger partial charge < -0.3 is 15.0 Å². The Morgan fingerprint density at radius 3 is 2.67 bits per heavy atom. The molecule has 12 heteroatoms. The third-order valence-corrected chi connectivity index (χ3v) is 7.08. The normalized spacial score (nSPS) is 15.5. The molecule has 0 radical (unpaired) electrons. The van der Waals surface area contributed by atoms with Gasteiger partial charge in [0.2, 0.25) is 5.95 Å². The average molecular weight is 576 g/mol. The van der Waals surface area contributed by atoms with Gasteiger partial charge in [0.15, 0.2) is 11.2 Å². The van der Waals surface area contributed by atoms with Crippen LogP contribution in [-0.2, 0) is 24.9 Å². The molecule has 0 saturated carbocycles. The molecule has 0 aliphatic carbocycles. The minimum absolute atomic E-state index is 0.0978. The van der Waals surface area contributed by atoms with Crippen molar-refractivity contribution in [2.75, 3.05) is 18.0 Å². The van der Waals surface area contributed by atoms with Crippen molar-refractivity contribution in [2.24, 2.45) is 7.05 Å². The van der Waals surface area contributed by atoms with E-state index in [9.17, 15) is 18.8 Å². The summed E-state index contributed by atoms with van der Waals surface area (Å²) in [4.78, 5) is 51.0. The van der Waals surface area contributed by atoms with Crippen molar-refractivity contribution in [1.29, 1.82) is 0 Å². The number of carbonyl (C=O) groups is 1. The zero-order valence-corrected chi connectivity index (χ0v) is 24.4. The van der Waals surface area contributed by atoms with Crippen LogP contribution >= 0.6 is 0 Å². The van der Waals surface area contributed by atoms with Crippen LogP contribution in [0.4, 0.5) is 15.1 Å². The second kappa shape index (κ2) is 11.3. The summed E-state index contributed by atoms with van der Waals surface area (Å²) in [7, 11) is 1.57. The summed E-state index contributed by atoms with van der Waals surface area (Å²) >= 11 is 0. The highest BCUT2D eigenvalue weighted by Gasteiger charge is 2.29. The molecule has 0 bridgehead atoms. The van der Waals surface area contributed by atoms with E-state index in [1.807, 2.05) is 25.7 Å². The number of anilines is 1. The molecule has 5 rings (SSSR count). The topological polar surface area (TPSA) is 116 Å². The van der Waals surface area contributed by atoms with Crippen LogP contribution in [0.1, 0.15) is 46.2 Å². The minimum atomic E-state index is -0.617. The fourth-order valence-corrected chi connectivity index (χ4v) is 5.18. The molecule has 3 aromatic heterocycles. The first-order valence-electron chi connectivity index (χ1n) is 13.8. The molecule has 4 heterocycles. The third kappa shape index (κ3) is 5.86. The van der Waals surface area contributed by atoms with Crippen LogP contribution in [0.25, 0.3) is 22.1 Å². The van der Waals surface area contributed by atoms with Gasteiger partial charge in [0.25, 0.3) is 5.56 Å². The summed E-state index contributed by atoms with van der Waals surface area (Å²) in [5, 5.41) is 3.68. The SMILES string of the molecule is CC#CCn1c(N2CCC[C@@H](NC(=O)OC(C)(C)C)C2)nc2c1c(=O)n(Cc1ccc3ccc(F)cc3n1)c(=O)n2C. The van der Waals surface area contributed by atoms with Crippen molar-refractivity contribution in [3.05, 3.63) is 62.7 Å². The molecule has 11 nitrogen and oxygen atoms in total. The Morgan fingerprint density at radius 2 is 1.93 bits per heavy atom. The van der Waals surface area contributed by atoms with Crippen LogP contribution < -0.4 is 21.5 Å². The Labute approximate surface area is 241 Å². The number of aromatic nitrogens is 5. The van der Waals surface area contributed by atoms with E-state index < -0.39 is 28.8 Å². The van der Waals surface area contributed by atoms with E-state index >= 15 is 0 Å². The summed E-state index contributed by atoms with van der Waals surface area (Å²) in [6, 6.07) is 7.60. The number of halogens is 1. The quantitative estimate of drug-likeness (QED) is 0.364. The van der Waals surface area contributed by atoms with E-state index in [4.69, 9.17) is 9.72 Å². The number of hydrogen-bond donors (Lipinski definition) is 1. The highest BCUT2D eigenvalue weighted by Crippen LogP contribution is 2.24. The number of carbonyl (C=O) groups excluding carboxylic acids is 1. The zero-order chi connectivity index (χ0) is 30.2. The summed E-state index contributed by atoms with van der Waals surface area (Å²) in [6.45, 7) is 8.32. The van der Waals surface area contributed by atoms with E-state index in [1.165, 1.54) is 16.7 Å². The highest BCUT2D eigenvalue weighted by molar-refractivity contribution is 5.78. The van der Waals surface area contributed by atoms with E-state index in [1.54, 1.807) is 36.7 Å². The molecule has 1 amide bonds. The molecule has 0 spiro atoms. The van der Waals surface area contributed by atoms with Crippen LogP contribution in [0.15, 0.2) is 39.9 Å². The van der Waals surface area contributed by atoms with Gasteiger partial charge in [-0.05, 0) is 58.7 Å². The molecule has 4 aromatic rings. The molecule has 1 aliphatic rings. The predicted octanol–water partition coefficient (Wildman–Crippen LogP) is 3.15. The number of benzene rings is 1. The van der Waals surface area contributed by atoms with Crippen LogP contribution in [0.3, 0.4) is 0 Å². The van der Waals surface area contributed by atoms with Crippen LogP contribution in [0.2, 0.25) is 0 Å². The maximum atomic E-state index is 13.9. The second-order valence-corrected chi connectivity index (χ2v) is 11.4. The van der Waals surface area contributed by atoms with E-state index in [0.29, 0.717) is 30.2 Å². The number of pyridine rings is 1. The Hall–Kier alpha value is -4.66. The van der Waals surface area contributed by atoms with Crippen molar-refractivity contribution in [3.8, 4) is 11.8 Å². The number of imidazole rings is 1. The predicted molar refractivity (Wildman–Crippen MR) is 158 cm³/mol. The van der Waals surface area contributed by atoms with Crippen molar-refractivity contribution in [3.63, 3.8) is 0 Å². The van der Waals surface area contributed by atoms with Crippen LogP contribution in [0, 0.1) is 17.7 Å². The molecule has 1 fully saturated rings. The first kappa shape index (κ1) is 28.9. The maximum absolute atomic E-state index is 13.9. The number of nitrogens with zero attached hydrogens (tertiary/aromatic N) is 6. The van der Waals surface area contributed by atoms with Gasteiger partial charge in [0, 0.05) is 37.6 Å². The van der Waals surface area contributed by atoms with E-state index in [2.05, 4.69) is 22.1 Å². The van der Waals surface area contributed by atoms with E-state index in [0.717, 1.165) is 22.8 Å². The van der Waals surface area contributed by atoms with Crippen LogP contribution in [0.5, 0.6) is 0 Å². The molecule has 1 aromatic carbocycles. The van der Waals surface area contributed by atoms with Gasteiger partial charge in [-0.25, -0.2) is 14.0 Å². The lowest BCUT2D eigenvalue weighted by molar-refractivity contribution is 0.0499. The number of aryl methyl sites for hydroxylation is 1. The highest BCUT2D eigenvalue weighted by atomic mass is 19.1. The first-order valence-corrected chi connectivity index (χ1v) is 13.8. The summed E-state index contributed by atoms with van der Waals surface area (Å²) in [5.74, 6) is 5.96. The fraction of sp³-hybridized carbons (Fsp3) is 0.433. The number of ether oxygens (including phenoxy) is 1. The van der Waals surface area contributed by atoms with Gasteiger partial charge in [-0.1, -0.05) is 12.0 Å². The molecule has 1 atom stereocenters. The van der Waals surface area contributed by atoms with Gasteiger partial charge in [-0.15, -0.1) is 5.92 Å². The van der Waals surface area contributed by atoms with E-state index in [-0.39, 0.29) is 30.3 Å². The maximum Gasteiger partial charge on any atom is 0.407 e. The lowest BCUT2D eigenvalue weighted by Gasteiger charge is -2.34. The zero-order valence-electron chi connectivity index (χ0n) is 24.4. The second-order valence-electron chi connectivity index (χ2n) is 11.4. The number of amides is 1. The number of fused-ring (bicyclic) bond motifs is 2. The number of nitrogens with one attached hydrogen (secondary N) is 1. The molecular weight excluding hydrogens is 541 g/mol. The van der Waals surface area contributed by atoms with Gasteiger partial charge >= 0.3 is 11.8 Å². The molecular formula is C30H34FN7O4. The van der Waals surface area contributed by atoms with Gasteiger partial charge in [0.05, 0.1) is 24.3 Å². The molecule has 1 aliphatic heterocycles. The fourth-order valence-electron chi connectivity index (χ4n) is 5.18. The summed E-state index contributed by atoms with van der Waals surface area (Å²) in [5.41, 5.74) is -0.328. The standard InChI is InChI=1S/C30H34FN7O4/c1-6-7-15-37-24-25(34-27(37)36-14-8-9-21(17-36)33-28(40)42-30(2,3)4)35(5)29(41)38(26(24)39)18-22-13-11-19-10-12-20(31)16-23(19)32-22/h10-13,16,21H,8-9,14-15,17-18H2,1-5H3,(H,33,40)/t21-/m1/s1. The van der Waals surface area contributed by atoms with Crippen LogP contribution in [-0.4, -0.2) is 54.5 Å². The van der Waals surface area contributed by atoms with Crippen molar-refractivity contribution < 1.29 is 13.9 Å². The summed E-state index contributed by atoms with van der Waals surface area (Å²) < 4.78 is 23.4. The van der Waals surface area contributed by atoms with Crippen molar-refractivity contribution in [1.82, 2.24) is 29.0 Å². The van der Waals surface area contributed by atoms with Crippen molar-refractivity contribution >= 4 is 34.1 Å². The Morgan fingerprint density at radius 1 is 1.17 bits per heavy atom. The van der Waals surface area contributed by atoms with Gasteiger partial charge in [-0.2, -0.15) is 4.98 Å². The van der Waals surface area contributed by atoms with Crippen molar-refractivity contribution in [2.45, 2.75) is 65.3 Å². The smallest absolute Gasteiger partial charge is 0.407 e. The van der Waals surface area contributed by atoms with Gasteiger partial charge in [0.1, 0.15) is 11.4 Å². The Balaban J connectivity index is 1.54. The lowest BCUT2D eigenvalue weighted by Crippen LogP contribution is -2.49. The number of rotatable bonds is 5. The number of hydrogen-bond acceptors (Lipinski definition) is 7.